The van der Waals surface area contributed by atoms with E-state index in [0.717, 1.165) is 32.5 Å². The van der Waals surface area contributed by atoms with Gasteiger partial charge in [-0.05, 0) is 40.3 Å². The summed E-state index contributed by atoms with van der Waals surface area (Å²) < 4.78 is 0. The van der Waals surface area contributed by atoms with Crippen molar-refractivity contribution in [3.63, 3.8) is 0 Å². The largest absolute Gasteiger partial charge is 0.337 e. The Morgan fingerprint density at radius 2 is 2.12 bits per heavy atom. The first-order valence-corrected chi connectivity index (χ1v) is 6.33. The first-order chi connectivity index (χ1) is 7.92. The summed E-state index contributed by atoms with van der Waals surface area (Å²) in [6.45, 7) is 8.21. The van der Waals surface area contributed by atoms with Gasteiger partial charge in [-0.25, -0.2) is 0 Å². The Morgan fingerprint density at radius 3 is 2.65 bits per heavy atom. The zero-order chi connectivity index (χ0) is 13.1. The van der Waals surface area contributed by atoms with Gasteiger partial charge in [-0.15, -0.1) is 0 Å². The molecule has 4 nitrogen and oxygen atoms in total. The summed E-state index contributed by atoms with van der Waals surface area (Å²) in [4.78, 5) is 16.5. The molecule has 0 aromatic carbocycles. The summed E-state index contributed by atoms with van der Waals surface area (Å²) in [5.41, 5.74) is -0.906. The summed E-state index contributed by atoms with van der Waals surface area (Å²) in [6.07, 6.45) is 1.93. The molecule has 96 valence electrons. The van der Waals surface area contributed by atoms with Crippen LogP contribution in [0.15, 0.2) is 0 Å². The smallest absolute Gasteiger partial charge is 0.242 e. The first kappa shape index (κ1) is 14.0. The number of nitriles is 1. The van der Waals surface area contributed by atoms with E-state index in [1.807, 2.05) is 4.90 Å². The minimum absolute atomic E-state index is 0.0258. The van der Waals surface area contributed by atoms with Gasteiger partial charge in [0.2, 0.25) is 5.91 Å². The van der Waals surface area contributed by atoms with Gasteiger partial charge in [-0.1, -0.05) is 6.92 Å². The average Bonchev–Trinajstić information content (AvgIpc) is 2.49. The highest BCUT2D eigenvalue weighted by Crippen LogP contribution is 2.22. The highest BCUT2D eigenvalue weighted by Gasteiger charge is 2.36. The van der Waals surface area contributed by atoms with Crippen molar-refractivity contribution in [3.05, 3.63) is 0 Å². The highest BCUT2D eigenvalue weighted by atomic mass is 16.2. The first-order valence-electron chi connectivity index (χ1n) is 6.33. The third kappa shape index (κ3) is 3.19. The number of amides is 1. The number of carbonyl (C=O) groups excluding carboxylic acids is 1. The van der Waals surface area contributed by atoms with Gasteiger partial charge in [0, 0.05) is 19.1 Å². The second-order valence-corrected chi connectivity index (χ2v) is 5.41. The van der Waals surface area contributed by atoms with Crippen LogP contribution < -0.4 is 0 Å². The molecule has 1 saturated heterocycles. The van der Waals surface area contributed by atoms with E-state index in [9.17, 15) is 4.79 Å². The Balaban J connectivity index is 2.87. The number of hydrogen-bond donors (Lipinski definition) is 0. The number of nitrogens with zero attached hydrogens (tertiary/aromatic N) is 3. The molecular weight excluding hydrogens is 214 g/mol. The lowest BCUT2D eigenvalue weighted by Crippen LogP contribution is -2.48. The highest BCUT2D eigenvalue weighted by molar-refractivity contribution is 5.85. The Bertz CT molecular complexity index is 319. The van der Waals surface area contributed by atoms with Crippen LogP contribution in [0.5, 0.6) is 0 Å². The topological polar surface area (TPSA) is 47.3 Å². The predicted octanol–water partition coefficient (Wildman–Crippen LogP) is 1.48. The molecule has 0 N–H and O–H groups in total. The van der Waals surface area contributed by atoms with Crippen molar-refractivity contribution >= 4 is 5.91 Å². The molecule has 0 saturated carbocycles. The van der Waals surface area contributed by atoms with Crippen molar-refractivity contribution in [3.8, 4) is 6.07 Å². The van der Waals surface area contributed by atoms with Crippen LogP contribution in [-0.4, -0.2) is 48.4 Å². The second-order valence-electron chi connectivity index (χ2n) is 5.41. The van der Waals surface area contributed by atoms with Gasteiger partial charge >= 0.3 is 0 Å². The fourth-order valence-corrected chi connectivity index (χ4v) is 2.27. The van der Waals surface area contributed by atoms with Gasteiger partial charge in [0.25, 0.3) is 0 Å². The molecule has 4 heteroatoms. The Morgan fingerprint density at radius 1 is 1.47 bits per heavy atom. The summed E-state index contributed by atoms with van der Waals surface area (Å²) in [6, 6.07) is 2.35. The van der Waals surface area contributed by atoms with Crippen LogP contribution in [0, 0.1) is 16.7 Å². The van der Waals surface area contributed by atoms with E-state index in [2.05, 4.69) is 24.9 Å². The van der Waals surface area contributed by atoms with Crippen LogP contribution in [-0.2, 0) is 4.79 Å². The number of carbonyl (C=O) groups is 1. The molecule has 1 unspecified atom stereocenters. The van der Waals surface area contributed by atoms with Crippen LogP contribution in [0.1, 0.15) is 33.6 Å². The lowest BCUT2D eigenvalue weighted by atomic mass is 9.92. The maximum absolute atomic E-state index is 12.4. The van der Waals surface area contributed by atoms with E-state index < -0.39 is 5.41 Å². The molecular formula is C13H23N3O. The van der Waals surface area contributed by atoms with E-state index in [-0.39, 0.29) is 11.9 Å². The Kier molecular flexibility index (Phi) is 4.53. The minimum atomic E-state index is -0.906. The standard InChI is InChI=1S/C13H23N3O/c1-5-11-9-15(4)7-6-8-16(11)12(17)13(2,3)10-14/h11H,5-9H2,1-4H3. The summed E-state index contributed by atoms with van der Waals surface area (Å²) in [5, 5.41) is 9.07. The fraction of sp³-hybridized carbons (Fsp3) is 0.846. The maximum atomic E-state index is 12.4. The van der Waals surface area contributed by atoms with Gasteiger partial charge in [0.05, 0.1) is 6.07 Å². The predicted molar refractivity (Wildman–Crippen MR) is 67.3 cm³/mol. The SMILES string of the molecule is CCC1CN(C)CCCN1C(=O)C(C)(C)C#N. The fourth-order valence-electron chi connectivity index (χ4n) is 2.27. The molecule has 1 fully saturated rings. The van der Waals surface area contributed by atoms with Gasteiger partial charge in [0.15, 0.2) is 0 Å². The summed E-state index contributed by atoms with van der Waals surface area (Å²) >= 11 is 0. The van der Waals surface area contributed by atoms with Gasteiger partial charge in [0.1, 0.15) is 5.41 Å². The van der Waals surface area contributed by atoms with Crippen LogP contribution >= 0.6 is 0 Å². The van der Waals surface area contributed by atoms with Crippen molar-refractivity contribution in [1.82, 2.24) is 9.80 Å². The van der Waals surface area contributed by atoms with E-state index in [4.69, 9.17) is 5.26 Å². The van der Waals surface area contributed by atoms with Crippen LogP contribution in [0.3, 0.4) is 0 Å². The molecule has 0 radical (unpaired) electrons. The lowest BCUT2D eigenvalue weighted by Gasteiger charge is -2.33. The quantitative estimate of drug-likeness (QED) is 0.731. The van der Waals surface area contributed by atoms with E-state index in [0.29, 0.717) is 0 Å². The molecule has 1 aliphatic rings. The summed E-state index contributed by atoms with van der Waals surface area (Å²) in [7, 11) is 2.09. The molecule has 0 aromatic heterocycles. The zero-order valence-electron chi connectivity index (χ0n) is 11.4. The third-order valence-corrected chi connectivity index (χ3v) is 3.45. The van der Waals surface area contributed by atoms with E-state index >= 15 is 0 Å². The minimum Gasteiger partial charge on any atom is -0.337 e. The van der Waals surface area contributed by atoms with Crippen molar-refractivity contribution in [2.45, 2.75) is 39.7 Å². The molecule has 17 heavy (non-hydrogen) atoms. The molecule has 0 bridgehead atoms. The number of likely N-dealkylation sites (N-methyl/N-ethyl adjacent to an activating group) is 1. The second kappa shape index (κ2) is 5.50. The van der Waals surface area contributed by atoms with Crippen molar-refractivity contribution in [1.29, 1.82) is 5.26 Å². The van der Waals surface area contributed by atoms with Gasteiger partial charge in [-0.3, -0.25) is 4.79 Å². The van der Waals surface area contributed by atoms with Crippen molar-refractivity contribution in [2.75, 3.05) is 26.7 Å². The molecule has 0 spiro atoms. The monoisotopic (exact) mass is 237 g/mol. The van der Waals surface area contributed by atoms with E-state index in [1.165, 1.54) is 0 Å². The zero-order valence-corrected chi connectivity index (χ0v) is 11.4. The van der Waals surface area contributed by atoms with Crippen LogP contribution in [0.4, 0.5) is 0 Å². The third-order valence-electron chi connectivity index (χ3n) is 3.45. The normalized spacial score (nSPS) is 23.0. The molecule has 1 rings (SSSR count). The molecule has 1 heterocycles. The molecule has 0 aliphatic carbocycles. The molecule has 0 aromatic rings. The van der Waals surface area contributed by atoms with Gasteiger partial charge < -0.3 is 9.80 Å². The van der Waals surface area contributed by atoms with Crippen molar-refractivity contribution < 1.29 is 4.79 Å². The maximum Gasteiger partial charge on any atom is 0.242 e. The average molecular weight is 237 g/mol. The van der Waals surface area contributed by atoms with E-state index in [1.54, 1.807) is 13.8 Å². The Hall–Kier alpha value is -1.08. The van der Waals surface area contributed by atoms with Crippen LogP contribution in [0.25, 0.3) is 0 Å². The number of rotatable bonds is 2. The van der Waals surface area contributed by atoms with Crippen LogP contribution in [0.2, 0.25) is 0 Å². The molecule has 1 amide bonds. The van der Waals surface area contributed by atoms with Crippen molar-refractivity contribution in [2.24, 2.45) is 5.41 Å². The Labute approximate surface area is 104 Å². The molecule has 1 aliphatic heterocycles. The lowest BCUT2D eigenvalue weighted by molar-refractivity contribution is -0.139. The molecule has 1 atom stereocenters. The summed E-state index contributed by atoms with van der Waals surface area (Å²) in [5.74, 6) is -0.0258. The number of hydrogen-bond acceptors (Lipinski definition) is 3. The van der Waals surface area contributed by atoms with Gasteiger partial charge in [-0.2, -0.15) is 5.26 Å².